The summed E-state index contributed by atoms with van der Waals surface area (Å²) in [6.45, 7) is 7.39. The Hall–Kier alpha value is -0.720. The SMILES string of the molecule is CC1CC(C)CN(Cc2nc3c(Br)cc(Br)cc3c(=O)[nH]2)C1. The number of rotatable bonds is 2. The fourth-order valence-corrected chi connectivity index (χ4v) is 4.74. The molecule has 1 saturated heterocycles. The summed E-state index contributed by atoms with van der Waals surface area (Å²) in [5, 5.41) is 0.602. The minimum Gasteiger partial charge on any atom is -0.309 e. The summed E-state index contributed by atoms with van der Waals surface area (Å²) in [7, 11) is 0. The summed E-state index contributed by atoms with van der Waals surface area (Å²) < 4.78 is 1.70. The normalized spacial score (nSPS) is 23.1. The van der Waals surface area contributed by atoms with Gasteiger partial charge in [0.1, 0.15) is 5.82 Å². The number of halogens is 2. The molecule has 0 amide bonds. The molecule has 0 radical (unpaired) electrons. The third-order valence-corrected chi connectivity index (χ3v) is 5.16. The van der Waals surface area contributed by atoms with Crippen molar-refractivity contribution in [3.05, 3.63) is 37.3 Å². The number of fused-ring (bicyclic) bond motifs is 1. The van der Waals surface area contributed by atoms with Crippen LogP contribution in [0.3, 0.4) is 0 Å². The smallest absolute Gasteiger partial charge is 0.258 e. The number of aromatic nitrogens is 2. The number of piperidine rings is 1. The van der Waals surface area contributed by atoms with Gasteiger partial charge in [-0.25, -0.2) is 4.98 Å². The molecule has 0 saturated carbocycles. The van der Waals surface area contributed by atoms with Crippen molar-refractivity contribution < 1.29 is 0 Å². The molecule has 1 aromatic heterocycles. The molecule has 118 valence electrons. The van der Waals surface area contributed by atoms with Gasteiger partial charge >= 0.3 is 0 Å². The van der Waals surface area contributed by atoms with E-state index in [1.807, 2.05) is 6.07 Å². The fraction of sp³-hybridized carbons (Fsp3) is 0.500. The van der Waals surface area contributed by atoms with Crippen LogP contribution in [0.15, 0.2) is 25.9 Å². The number of hydrogen-bond donors (Lipinski definition) is 1. The minimum atomic E-state index is -0.0832. The Balaban J connectivity index is 1.93. The van der Waals surface area contributed by atoms with E-state index in [2.05, 4.69) is 60.6 Å². The van der Waals surface area contributed by atoms with E-state index in [0.29, 0.717) is 23.8 Å². The molecule has 6 heteroatoms. The third kappa shape index (κ3) is 3.44. The van der Waals surface area contributed by atoms with E-state index in [1.54, 1.807) is 6.07 Å². The molecule has 4 nitrogen and oxygen atoms in total. The molecule has 2 unspecified atom stereocenters. The van der Waals surface area contributed by atoms with Crippen molar-refractivity contribution in [1.29, 1.82) is 0 Å². The Labute approximate surface area is 146 Å². The van der Waals surface area contributed by atoms with Crippen LogP contribution < -0.4 is 5.56 Å². The van der Waals surface area contributed by atoms with Gasteiger partial charge in [-0.2, -0.15) is 0 Å². The summed E-state index contributed by atoms with van der Waals surface area (Å²) in [5.41, 5.74) is 0.639. The van der Waals surface area contributed by atoms with Crippen molar-refractivity contribution in [2.24, 2.45) is 11.8 Å². The molecule has 2 atom stereocenters. The van der Waals surface area contributed by atoms with Crippen LogP contribution in [0.5, 0.6) is 0 Å². The zero-order valence-electron chi connectivity index (χ0n) is 12.7. The first-order chi connectivity index (χ1) is 10.4. The van der Waals surface area contributed by atoms with Gasteiger partial charge in [-0.05, 0) is 46.3 Å². The predicted molar refractivity (Wildman–Crippen MR) is 96.0 cm³/mol. The lowest BCUT2D eigenvalue weighted by molar-refractivity contribution is 0.131. The Morgan fingerprint density at radius 3 is 2.64 bits per heavy atom. The average Bonchev–Trinajstić information content (AvgIpc) is 2.39. The van der Waals surface area contributed by atoms with Crippen molar-refractivity contribution in [3.8, 4) is 0 Å². The second-order valence-corrected chi connectivity index (χ2v) is 8.21. The maximum absolute atomic E-state index is 12.3. The number of benzene rings is 1. The Bertz CT molecular complexity index is 749. The number of hydrogen-bond acceptors (Lipinski definition) is 3. The average molecular weight is 429 g/mol. The number of nitrogens with zero attached hydrogens (tertiary/aromatic N) is 2. The van der Waals surface area contributed by atoms with Gasteiger partial charge in [-0.15, -0.1) is 0 Å². The summed E-state index contributed by atoms with van der Waals surface area (Å²) in [6, 6.07) is 3.73. The van der Waals surface area contributed by atoms with Gasteiger partial charge in [0, 0.05) is 22.0 Å². The lowest BCUT2D eigenvalue weighted by atomic mass is 9.92. The van der Waals surface area contributed by atoms with Crippen LogP contribution in [0.4, 0.5) is 0 Å². The molecule has 1 aliphatic heterocycles. The van der Waals surface area contributed by atoms with Gasteiger partial charge in [0.2, 0.25) is 0 Å². The second-order valence-electron chi connectivity index (χ2n) is 6.44. The van der Waals surface area contributed by atoms with Crippen LogP contribution in [0.2, 0.25) is 0 Å². The van der Waals surface area contributed by atoms with Crippen molar-refractivity contribution in [1.82, 2.24) is 14.9 Å². The Morgan fingerprint density at radius 1 is 1.27 bits per heavy atom. The molecule has 1 aromatic carbocycles. The van der Waals surface area contributed by atoms with E-state index in [1.165, 1.54) is 6.42 Å². The van der Waals surface area contributed by atoms with Gasteiger partial charge in [0.25, 0.3) is 5.56 Å². The molecule has 3 rings (SSSR count). The first kappa shape index (κ1) is 16.1. The van der Waals surface area contributed by atoms with Crippen LogP contribution in [0.1, 0.15) is 26.1 Å². The zero-order chi connectivity index (χ0) is 15.9. The van der Waals surface area contributed by atoms with Crippen LogP contribution in [0, 0.1) is 11.8 Å². The van der Waals surface area contributed by atoms with Crippen LogP contribution in [-0.2, 0) is 6.54 Å². The van der Waals surface area contributed by atoms with E-state index in [0.717, 1.165) is 33.4 Å². The molecular weight excluding hydrogens is 410 g/mol. The fourth-order valence-electron chi connectivity index (χ4n) is 3.42. The van der Waals surface area contributed by atoms with Gasteiger partial charge in [-0.1, -0.05) is 29.8 Å². The maximum atomic E-state index is 12.3. The molecule has 2 aromatic rings. The molecule has 0 spiro atoms. The largest absolute Gasteiger partial charge is 0.309 e. The van der Waals surface area contributed by atoms with Gasteiger partial charge in [-0.3, -0.25) is 9.69 Å². The summed E-state index contributed by atoms with van der Waals surface area (Å²) >= 11 is 6.91. The first-order valence-corrected chi connectivity index (χ1v) is 9.11. The number of aromatic amines is 1. The monoisotopic (exact) mass is 427 g/mol. The van der Waals surface area contributed by atoms with Crippen molar-refractivity contribution in [3.63, 3.8) is 0 Å². The highest BCUT2D eigenvalue weighted by Crippen LogP contribution is 2.26. The Kier molecular flexibility index (Phi) is 4.71. The van der Waals surface area contributed by atoms with Crippen molar-refractivity contribution in [2.75, 3.05) is 13.1 Å². The van der Waals surface area contributed by atoms with Crippen LogP contribution >= 0.6 is 31.9 Å². The first-order valence-electron chi connectivity index (χ1n) is 7.52. The quantitative estimate of drug-likeness (QED) is 0.788. The van der Waals surface area contributed by atoms with E-state index in [9.17, 15) is 4.79 Å². The number of nitrogens with one attached hydrogen (secondary N) is 1. The van der Waals surface area contributed by atoms with Gasteiger partial charge < -0.3 is 4.98 Å². The molecule has 1 aliphatic rings. The summed E-state index contributed by atoms with van der Waals surface area (Å²) in [6.07, 6.45) is 1.28. The lowest BCUT2D eigenvalue weighted by Crippen LogP contribution is -2.38. The van der Waals surface area contributed by atoms with Crippen molar-refractivity contribution in [2.45, 2.75) is 26.8 Å². The molecule has 1 N–H and O–H groups in total. The standard InChI is InChI=1S/C16H19Br2N3O/c1-9-3-10(2)7-21(6-9)8-14-19-15-12(16(22)20-14)4-11(17)5-13(15)18/h4-5,9-10H,3,6-8H2,1-2H3,(H,19,20,22). The minimum absolute atomic E-state index is 0.0832. The lowest BCUT2D eigenvalue weighted by Gasteiger charge is -2.34. The summed E-state index contributed by atoms with van der Waals surface area (Å²) in [4.78, 5) is 22.3. The van der Waals surface area contributed by atoms with Gasteiger partial charge in [0.05, 0.1) is 17.4 Å². The maximum Gasteiger partial charge on any atom is 0.258 e. The molecule has 1 fully saturated rings. The number of H-pyrrole nitrogens is 1. The molecule has 22 heavy (non-hydrogen) atoms. The second kappa shape index (κ2) is 6.42. The predicted octanol–water partition coefficient (Wildman–Crippen LogP) is 3.93. The van der Waals surface area contributed by atoms with Crippen molar-refractivity contribution >= 4 is 42.8 Å². The van der Waals surface area contributed by atoms with Crippen LogP contribution in [-0.4, -0.2) is 28.0 Å². The Morgan fingerprint density at radius 2 is 1.95 bits per heavy atom. The highest BCUT2D eigenvalue weighted by molar-refractivity contribution is 9.11. The number of likely N-dealkylation sites (tertiary alicyclic amines) is 1. The van der Waals surface area contributed by atoms with E-state index < -0.39 is 0 Å². The highest BCUT2D eigenvalue weighted by atomic mass is 79.9. The molecule has 0 aliphatic carbocycles. The van der Waals surface area contributed by atoms with E-state index >= 15 is 0 Å². The molecule has 2 heterocycles. The summed E-state index contributed by atoms with van der Waals surface area (Å²) in [5.74, 6) is 2.12. The zero-order valence-corrected chi connectivity index (χ0v) is 15.9. The van der Waals surface area contributed by atoms with Crippen LogP contribution in [0.25, 0.3) is 10.9 Å². The molecule has 0 bridgehead atoms. The topological polar surface area (TPSA) is 49.0 Å². The van der Waals surface area contributed by atoms with E-state index in [4.69, 9.17) is 0 Å². The molecular formula is C16H19Br2N3O. The third-order valence-electron chi connectivity index (χ3n) is 4.10. The highest BCUT2D eigenvalue weighted by Gasteiger charge is 2.22. The van der Waals surface area contributed by atoms with Gasteiger partial charge in [0.15, 0.2) is 0 Å². The van der Waals surface area contributed by atoms with E-state index in [-0.39, 0.29) is 5.56 Å².